The van der Waals surface area contributed by atoms with Crippen LogP contribution in [0.3, 0.4) is 0 Å². The Morgan fingerprint density at radius 1 is 1.14 bits per heavy atom. The second kappa shape index (κ2) is 7.14. The normalized spacial score (nSPS) is 19.9. The predicted octanol–water partition coefficient (Wildman–Crippen LogP) is 2.03. The van der Waals surface area contributed by atoms with Gasteiger partial charge in [0.1, 0.15) is 0 Å². The molecule has 0 bridgehead atoms. The average molecular weight is 301 g/mol. The van der Waals surface area contributed by atoms with Gasteiger partial charge >= 0.3 is 0 Å². The zero-order valence-electron chi connectivity index (χ0n) is 13.3. The van der Waals surface area contributed by atoms with E-state index < -0.39 is 0 Å². The van der Waals surface area contributed by atoms with Crippen LogP contribution < -0.4 is 10.6 Å². The molecule has 1 fully saturated rings. The summed E-state index contributed by atoms with van der Waals surface area (Å²) in [5.41, 5.74) is 8.22. The van der Waals surface area contributed by atoms with E-state index >= 15 is 0 Å². The Bertz CT molecular complexity index is 509. The van der Waals surface area contributed by atoms with Crippen molar-refractivity contribution < 1.29 is 4.79 Å². The molecule has 2 N–H and O–H groups in total. The molecule has 1 aromatic rings. The van der Waals surface area contributed by atoms with Gasteiger partial charge in [0.25, 0.3) is 0 Å². The molecule has 0 radical (unpaired) electrons. The van der Waals surface area contributed by atoms with Gasteiger partial charge in [0.05, 0.1) is 0 Å². The largest absolute Gasteiger partial charge is 0.370 e. The Morgan fingerprint density at radius 2 is 1.91 bits per heavy atom. The molecule has 0 saturated carbocycles. The molecular formula is C18H27N3O. The number of carbonyl (C=O) groups excluding carboxylic acids is 1. The molecular weight excluding hydrogens is 274 g/mol. The van der Waals surface area contributed by atoms with Gasteiger partial charge in [0.15, 0.2) is 0 Å². The first-order valence-electron chi connectivity index (χ1n) is 8.56. The van der Waals surface area contributed by atoms with Crippen molar-refractivity contribution in [3.63, 3.8) is 0 Å². The molecule has 0 aliphatic carbocycles. The van der Waals surface area contributed by atoms with E-state index in [9.17, 15) is 4.79 Å². The number of piperidine rings is 1. The van der Waals surface area contributed by atoms with Gasteiger partial charge in [-0.25, -0.2) is 0 Å². The maximum absolute atomic E-state index is 11.0. The predicted molar refractivity (Wildman–Crippen MR) is 90.0 cm³/mol. The smallest absolute Gasteiger partial charge is 0.217 e. The third kappa shape index (κ3) is 3.80. The summed E-state index contributed by atoms with van der Waals surface area (Å²) in [6.45, 7) is 5.62. The Morgan fingerprint density at radius 3 is 2.68 bits per heavy atom. The van der Waals surface area contributed by atoms with Crippen LogP contribution in [0, 0.1) is 5.92 Å². The average Bonchev–Trinajstić information content (AvgIpc) is 2.54. The number of hydrogen-bond acceptors (Lipinski definition) is 3. The van der Waals surface area contributed by atoms with Gasteiger partial charge in [-0.2, -0.15) is 0 Å². The van der Waals surface area contributed by atoms with Crippen LogP contribution in [0.1, 0.15) is 31.2 Å². The number of para-hydroxylation sites is 1. The highest BCUT2D eigenvalue weighted by molar-refractivity contribution is 5.74. The Kier molecular flexibility index (Phi) is 4.98. The van der Waals surface area contributed by atoms with E-state index in [1.54, 1.807) is 0 Å². The summed E-state index contributed by atoms with van der Waals surface area (Å²) >= 11 is 0. The van der Waals surface area contributed by atoms with E-state index in [1.165, 1.54) is 30.6 Å². The Balaban J connectivity index is 1.47. The van der Waals surface area contributed by atoms with Crippen molar-refractivity contribution in [2.45, 2.75) is 32.1 Å². The molecule has 3 rings (SSSR count). The number of primary amides is 1. The number of amides is 1. The van der Waals surface area contributed by atoms with Gasteiger partial charge in [-0.1, -0.05) is 18.2 Å². The monoisotopic (exact) mass is 301 g/mol. The number of rotatable bonds is 5. The van der Waals surface area contributed by atoms with Gasteiger partial charge in [-0.05, 0) is 56.3 Å². The van der Waals surface area contributed by atoms with Crippen LogP contribution in [0.5, 0.6) is 0 Å². The van der Waals surface area contributed by atoms with Gasteiger partial charge in [-0.3, -0.25) is 4.79 Å². The number of benzene rings is 1. The minimum atomic E-state index is -0.150. The van der Waals surface area contributed by atoms with Crippen LogP contribution in [-0.2, 0) is 11.2 Å². The zero-order chi connectivity index (χ0) is 15.4. The highest BCUT2D eigenvalue weighted by Gasteiger charge is 2.22. The first-order chi connectivity index (χ1) is 10.7. The third-order valence-corrected chi connectivity index (χ3v) is 5.09. The van der Waals surface area contributed by atoms with Gasteiger partial charge < -0.3 is 15.5 Å². The maximum Gasteiger partial charge on any atom is 0.217 e. The van der Waals surface area contributed by atoms with Crippen LogP contribution in [0.4, 0.5) is 5.69 Å². The molecule has 0 unspecified atom stereocenters. The lowest BCUT2D eigenvalue weighted by Gasteiger charge is -2.36. The third-order valence-electron chi connectivity index (χ3n) is 5.09. The molecule has 2 aliphatic heterocycles. The molecule has 120 valence electrons. The first kappa shape index (κ1) is 15.3. The lowest BCUT2D eigenvalue weighted by Crippen LogP contribution is -2.41. The number of nitrogens with two attached hydrogens (primary N) is 1. The summed E-state index contributed by atoms with van der Waals surface area (Å²) in [7, 11) is 0. The maximum atomic E-state index is 11.0. The quantitative estimate of drug-likeness (QED) is 0.905. The number of nitrogens with zero attached hydrogens (tertiary/aromatic N) is 2. The van der Waals surface area contributed by atoms with E-state index in [1.807, 2.05) is 0 Å². The zero-order valence-corrected chi connectivity index (χ0v) is 13.3. The van der Waals surface area contributed by atoms with Gasteiger partial charge in [0, 0.05) is 31.7 Å². The van der Waals surface area contributed by atoms with Crippen molar-refractivity contribution in [1.29, 1.82) is 0 Å². The topological polar surface area (TPSA) is 49.6 Å². The fourth-order valence-corrected chi connectivity index (χ4v) is 3.80. The Hall–Kier alpha value is -1.55. The van der Waals surface area contributed by atoms with Crippen LogP contribution in [0.15, 0.2) is 24.3 Å². The molecule has 0 atom stereocenters. The minimum absolute atomic E-state index is 0.150. The second-order valence-corrected chi connectivity index (χ2v) is 6.67. The number of carbonyl (C=O) groups is 1. The summed E-state index contributed by atoms with van der Waals surface area (Å²) < 4.78 is 0. The van der Waals surface area contributed by atoms with Crippen molar-refractivity contribution in [3.8, 4) is 0 Å². The summed E-state index contributed by atoms with van der Waals surface area (Å²) in [5, 5.41) is 0. The van der Waals surface area contributed by atoms with Crippen molar-refractivity contribution in [3.05, 3.63) is 29.8 Å². The van der Waals surface area contributed by atoms with Crippen molar-refractivity contribution in [1.82, 2.24) is 4.90 Å². The van der Waals surface area contributed by atoms with E-state index in [2.05, 4.69) is 34.1 Å². The second-order valence-electron chi connectivity index (χ2n) is 6.67. The summed E-state index contributed by atoms with van der Waals surface area (Å²) in [6, 6.07) is 8.81. The molecule has 2 aliphatic rings. The SMILES string of the molecule is NC(=O)CC1CCN(CCN2CCCc3ccccc32)CC1. The number of likely N-dealkylation sites (tertiary alicyclic amines) is 1. The number of hydrogen-bond donors (Lipinski definition) is 1. The standard InChI is InChI=1S/C18H27N3O/c19-18(22)14-15-7-10-20(11-8-15)12-13-21-9-3-5-16-4-1-2-6-17(16)21/h1-2,4,6,15H,3,5,7-14H2,(H2,19,22). The number of aryl methyl sites for hydroxylation is 1. The first-order valence-corrected chi connectivity index (χ1v) is 8.56. The highest BCUT2D eigenvalue weighted by Crippen LogP contribution is 2.26. The van der Waals surface area contributed by atoms with Crippen molar-refractivity contribution in [2.24, 2.45) is 11.7 Å². The van der Waals surface area contributed by atoms with Crippen LogP contribution in [-0.4, -0.2) is 43.5 Å². The molecule has 0 spiro atoms. The lowest BCUT2D eigenvalue weighted by molar-refractivity contribution is -0.119. The molecule has 2 heterocycles. The molecule has 4 heteroatoms. The fraction of sp³-hybridized carbons (Fsp3) is 0.611. The Labute approximate surface area is 133 Å². The molecule has 22 heavy (non-hydrogen) atoms. The van der Waals surface area contributed by atoms with Crippen molar-refractivity contribution >= 4 is 11.6 Å². The van der Waals surface area contributed by atoms with Gasteiger partial charge in [0.2, 0.25) is 5.91 Å². The highest BCUT2D eigenvalue weighted by atomic mass is 16.1. The number of fused-ring (bicyclic) bond motifs is 1. The van der Waals surface area contributed by atoms with Crippen molar-refractivity contribution in [2.75, 3.05) is 37.6 Å². The van der Waals surface area contributed by atoms with Crippen LogP contribution in [0.25, 0.3) is 0 Å². The molecule has 0 aromatic heterocycles. The fourth-order valence-electron chi connectivity index (χ4n) is 3.80. The van der Waals surface area contributed by atoms with Crippen LogP contribution in [0.2, 0.25) is 0 Å². The number of anilines is 1. The van der Waals surface area contributed by atoms with E-state index in [0.717, 1.165) is 39.0 Å². The molecule has 1 aromatic carbocycles. The summed E-state index contributed by atoms with van der Waals surface area (Å²) in [6.07, 6.45) is 5.26. The van der Waals surface area contributed by atoms with Crippen LogP contribution >= 0.6 is 0 Å². The molecule has 1 amide bonds. The molecule has 1 saturated heterocycles. The molecule has 4 nitrogen and oxygen atoms in total. The van der Waals surface area contributed by atoms with Gasteiger partial charge in [-0.15, -0.1) is 0 Å². The summed E-state index contributed by atoms with van der Waals surface area (Å²) in [4.78, 5) is 16.1. The minimum Gasteiger partial charge on any atom is -0.370 e. The van der Waals surface area contributed by atoms with E-state index in [-0.39, 0.29) is 5.91 Å². The van der Waals surface area contributed by atoms with E-state index in [4.69, 9.17) is 5.73 Å². The lowest BCUT2D eigenvalue weighted by atomic mass is 9.93. The summed E-state index contributed by atoms with van der Waals surface area (Å²) in [5.74, 6) is 0.354. The van der Waals surface area contributed by atoms with E-state index in [0.29, 0.717) is 12.3 Å².